The third-order valence-electron chi connectivity index (χ3n) is 24.8. The molecule has 5 aliphatic heterocycles. The third-order valence-corrected chi connectivity index (χ3v) is 27.2. The lowest BCUT2D eigenvalue weighted by Gasteiger charge is -2.28. The molecule has 0 unspecified atom stereocenters. The molecular formula is C114H103N13O14S3. The summed E-state index contributed by atoms with van der Waals surface area (Å²) in [6.45, 7) is 11.7. The second-order valence-electron chi connectivity index (χ2n) is 34.4. The Bertz CT molecular complexity index is 6780. The molecule has 0 spiro atoms. The number of esters is 2. The maximum absolute atomic E-state index is 13.3. The normalized spacial score (nSPS) is 14.3. The van der Waals surface area contributed by atoms with Gasteiger partial charge in [-0.2, -0.15) is 0 Å². The Morgan fingerprint density at radius 2 is 0.542 bits per heavy atom. The molecule has 0 fully saturated rings. The van der Waals surface area contributed by atoms with Crippen molar-refractivity contribution in [2.24, 2.45) is 0 Å². The van der Waals surface area contributed by atoms with Gasteiger partial charge in [-0.15, -0.1) is 34.0 Å². The summed E-state index contributed by atoms with van der Waals surface area (Å²) < 4.78 is 9.89. The molecule has 726 valence electrons. The Morgan fingerprint density at radius 3 is 0.826 bits per heavy atom. The van der Waals surface area contributed by atoms with Crippen molar-refractivity contribution in [3.63, 3.8) is 0 Å². The molecule has 7 atom stereocenters. The Morgan fingerprint density at radius 1 is 0.299 bits per heavy atom. The number of nitrogens with zero attached hydrogens (tertiary/aromatic N) is 8. The molecule has 0 radical (unpaired) electrons. The van der Waals surface area contributed by atoms with Gasteiger partial charge in [0.15, 0.2) is 26.8 Å². The number of fused-ring (bicyclic) bond motifs is 5. The molecule has 20 rings (SSSR count). The highest BCUT2D eigenvalue weighted by Crippen LogP contribution is 2.39. The van der Waals surface area contributed by atoms with Crippen molar-refractivity contribution in [3.05, 3.63) is 461 Å². The maximum atomic E-state index is 13.3. The second kappa shape index (κ2) is 47.4. The van der Waals surface area contributed by atoms with Crippen LogP contribution in [0, 0.1) is 6.92 Å². The number of nitrogens with one attached hydrogen (secondary N) is 5. The highest BCUT2D eigenvalue weighted by Gasteiger charge is 2.44. The molecule has 0 aliphatic carbocycles. The van der Waals surface area contributed by atoms with Gasteiger partial charge in [0.1, 0.15) is 30.2 Å². The Labute approximate surface area is 845 Å². The summed E-state index contributed by atoms with van der Waals surface area (Å²) in [7, 11) is 0. The second-order valence-corrected chi connectivity index (χ2v) is 36.9. The first-order valence-corrected chi connectivity index (χ1v) is 49.7. The van der Waals surface area contributed by atoms with Crippen LogP contribution < -0.4 is 26.6 Å². The number of anilines is 3. The Hall–Kier alpha value is -16.8. The topological polar surface area (TPSA) is 338 Å². The molecule has 27 nitrogen and oxygen atoms in total. The zero-order valence-electron chi connectivity index (χ0n) is 79.4. The fraction of sp³-hybridized carbons (Fsp3) is 0.184. The van der Waals surface area contributed by atoms with Gasteiger partial charge in [0.25, 0.3) is 35.4 Å². The summed E-state index contributed by atoms with van der Waals surface area (Å²) in [5.41, 5.74) is 15.4. The molecule has 30 heteroatoms. The number of carbonyl (C=O) groups is 12. The summed E-state index contributed by atoms with van der Waals surface area (Å²) in [6, 6.07) is 101. The first-order valence-electron chi connectivity index (χ1n) is 47.0. The van der Waals surface area contributed by atoms with E-state index in [0.29, 0.717) is 78.5 Å². The quantitative estimate of drug-likeness (QED) is 0.0284. The largest absolute Gasteiger partial charge is 0.461 e. The van der Waals surface area contributed by atoms with E-state index in [0.717, 1.165) is 95.1 Å². The van der Waals surface area contributed by atoms with Gasteiger partial charge in [-0.3, -0.25) is 53.3 Å². The molecule has 8 heterocycles. The van der Waals surface area contributed by atoms with Crippen molar-refractivity contribution >= 4 is 120 Å². The molecule has 3 aromatic heterocycles. The van der Waals surface area contributed by atoms with Crippen LogP contribution in [-0.4, -0.2) is 136 Å². The number of benzene rings is 12. The molecule has 15 aromatic rings. The van der Waals surface area contributed by atoms with E-state index in [1.165, 1.54) is 22.1 Å². The average Bonchev–Trinajstić information content (AvgIpc) is 1.63. The number of amides is 10. The molecule has 0 saturated carbocycles. The van der Waals surface area contributed by atoms with Crippen LogP contribution in [0.25, 0.3) is 0 Å². The highest BCUT2D eigenvalue weighted by molar-refractivity contribution is 7.14. The molecule has 10 amide bonds. The smallest absolute Gasteiger partial charge is 0.357 e. The minimum absolute atomic E-state index is 0.105. The van der Waals surface area contributed by atoms with E-state index in [1.54, 1.807) is 50.5 Å². The van der Waals surface area contributed by atoms with Crippen molar-refractivity contribution in [1.82, 2.24) is 50.1 Å². The van der Waals surface area contributed by atoms with Gasteiger partial charge in [0, 0.05) is 89.5 Å². The van der Waals surface area contributed by atoms with Crippen LogP contribution in [0.4, 0.5) is 15.4 Å². The number of aryl methyl sites for hydroxylation is 1. The van der Waals surface area contributed by atoms with E-state index in [1.807, 2.05) is 348 Å². The lowest BCUT2D eigenvalue weighted by atomic mass is 10.0. The number of hydrogen-bond donors (Lipinski definition) is 5. The van der Waals surface area contributed by atoms with Gasteiger partial charge in [-0.25, -0.2) is 24.5 Å². The van der Waals surface area contributed by atoms with E-state index >= 15 is 0 Å². The summed E-state index contributed by atoms with van der Waals surface area (Å²) in [5, 5.41) is 20.6. The standard InChI is InChI=1S/2C24H22N2O2.2C23H21N3O4S.C20H17N3O2S/c2*1-17(18-10-4-2-5-11-18)25-23(27)22(19-12-6-3-7-13-19)26-16-20-14-8-9-15-21(20)24(26)28;2*1-2-30-22(29)18-14-31-23(24-18)25-20(27)19(12-15-8-4-3-5-9-15)26-13-16-10-6-7-11-17(16)21(26)28;1-13-12-26-20(21-13)22-18(24)17(14-7-3-2-4-8-14)23-11-15-9-5-6-10-16(15)19(23)25/h2*2-15,17,22H,16H2,1H3,(H,25,27);2*3-11,14,19H,2,12-13H2,1H3,(H,24,25,27);2-10,12,17H,11H2,1H3,(H,21,22,24)/t17-,22+;17-,22-;2*19-;17-/m10101/s1. The maximum Gasteiger partial charge on any atom is 0.357 e. The monoisotopic (exact) mass is 1970 g/mol. The number of hydrogen-bond acceptors (Lipinski definition) is 20. The predicted molar refractivity (Wildman–Crippen MR) is 552 cm³/mol. The number of aromatic nitrogens is 3. The number of ether oxygens (including phenoxy) is 2. The number of rotatable bonds is 28. The fourth-order valence-electron chi connectivity index (χ4n) is 17.7. The van der Waals surface area contributed by atoms with Crippen molar-refractivity contribution in [2.45, 2.75) is 122 Å². The minimum atomic E-state index is -0.725. The first-order chi connectivity index (χ1) is 70.1. The molecule has 5 N–H and O–H groups in total. The lowest BCUT2D eigenvalue weighted by Crippen LogP contribution is -2.45. The van der Waals surface area contributed by atoms with Crippen LogP contribution in [0.2, 0.25) is 0 Å². The van der Waals surface area contributed by atoms with Crippen molar-refractivity contribution < 1.29 is 67.0 Å². The van der Waals surface area contributed by atoms with Crippen LogP contribution in [0.15, 0.2) is 350 Å². The SMILES string of the molecule is CCOC(=O)c1csc(NC(=O)[C@@H](Cc2ccccc2)N2Cc3ccccc3C2=O)n1.CCOC(=O)c1csc(NC(=O)[C@H](Cc2ccccc2)N2Cc3ccccc3C2=O)n1.C[C@@H](NC(=O)[C@H](c1ccccc1)N1Cc2ccccc2C1=O)c1ccccc1.C[C@H](NC(=O)[C@H](c1ccccc1)N1Cc2ccccc2C1=O)c1ccccc1.Cc1csc(NC(=O)[C@@H](c2ccccc2)N2Cc3ccccc3C2=O)n1. The van der Waals surface area contributed by atoms with Gasteiger partial charge in [0.05, 0.1) is 31.0 Å². The van der Waals surface area contributed by atoms with E-state index in [4.69, 9.17) is 9.47 Å². The molecule has 0 saturated heterocycles. The van der Waals surface area contributed by atoms with E-state index in [2.05, 4.69) is 41.5 Å². The van der Waals surface area contributed by atoms with Crippen molar-refractivity contribution in [3.8, 4) is 0 Å². The number of carbonyl (C=O) groups excluding carboxylic acids is 12. The van der Waals surface area contributed by atoms with E-state index < -0.39 is 42.1 Å². The van der Waals surface area contributed by atoms with Crippen LogP contribution >= 0.6 is 34.0 Å². The van der Waals surface area contributed by atoms with Crippen LogP contribution in [0.3, 0.4) is 0 Å². The predicted octanol–water partition coefficient (Wildman–Crippen LogP) is 19.4. The van der Waals surface area contributed by atoms with Gasteiger partial charge in [0.2, 0.25) is 23.6 Å². The Balaban J connectivity index is 0.000000129. The van der Waals surface area contributed by atoms with Crippen molar-refractivity contribution in [2.75, 3.05) is 29.2 Å². The highest BCUT2D eigenvalue weighted by atomic mass is 32.1. The van der Waals surface area contributed by atoms with Crippen LogP contribution in [0.1, 0.15) is 203 Å². The average molecular weight is 1980 g/mol. The fourth-order valence-corrected chi connectivity index (χ4v) is 19.7. The summed E-state index contributed by atoms with van der Waals surface area (Å²) in [5.74, 6) is -3.06. The van der Waals surface area contributed by atoms with Gasteiger partial charge < -0.3 is 55.2 Å². The molecule has 5 aliphatic rings. The molecular weight excluding hydrogens is 1870 g/mol. The molecule has 0 bridgehead atoms. The summed E-state index contributed by atoms with van der Waals surface area (Å²) in [4.78, 5) is 176. The third kappa shape index (κ3) is 24.1. The zero-order valence-corrected chi connectivity index (χ0v) is 81.9. The summed E-state index contributed by atoms with van der Waals surface area (Å²) in [6.07, 6.45) is 0.727. The molecule has 12 aromatic carbocycles. The number of thiazole rings is 3. The Kier molecular flexibility index (Phi) is 33.0. The first kappa shape index (κ1) is 100. The van der Waals surface area contributed by atoms with Gasteiger partial charge in [-0.05, 0) is 132 Å². The minimum Gasteiger partial charge on any atom is -0.461 e. The van der Waals surface area contributed by atoms with E-state index in [-0.39, 0.29) is 106 Å². The molecule has 144 heavy (non-hydrogen) atoms. The van der Waals surface area contributed by atoms with E-state index in [9.17, 15) is 57.5 Å². The van der Waals surface area contributed by atoms with Gasteiger partial charge in [-0.1, -0.05) is 303 Å². The zero-order chi connectivity index (χ0) is 101. The lowest BCUT2D eigenvalue weighted by molar-refractivity contribution is -0.127. The van der Waals surface area contributed by atoms with Crippen LogP contribution in [0.5, 0.6) is 0 Å². The van der Waals surface area contributed by atoms with Gasteiger partial charge >= 0.3 is 11.9 Å². The summed E-state index contributed by atoms with van der Waals surface area (Å²) >= 11 is 3.65. The van der Waals surface area contributed by atoms with Crippen molar-refractivity contribution in [1.29, 1.82) is 0 Å². The van der Waals surface area contributed by atoms with Crippen LogP contribution in [-0.2, 0) is 79.0 Å².